The highest BCUT2D eigenvalue weighted by molar-refractivity contribution is 7.90. The van der Waals surface area contributed by atoms with Crippen molar-refractivity contribution in [2.75, 3.05) is 5.75 Å². The number of aromatic nitrogens is 2. The van der Waals surface area contributed by atoms with Crippen molar-refractivity contribution in [3.63, 3.8) is 0 Å². The molecule has 0 atom stereocenters. The molecule has 3 rings (SSSR count). The van der Waals surface area contributed by atoms with Gasteiger partial charge in [-0.2, -0.15) is 0 Å². The zero-order valence-electron chi connectivity index (χ0n) is 14.6. The molecule has 0 bridgehead atoms. The molecule has 7 heteroatoms. The summed E-state index contributed by atoms with van der Waals surface area (Å²) in [7, 11) is -3.79. The molecule has 0 spiro atoms. The Kier molecular flexibility index (Phi) is 5.23. The summed E-state index contributed by atoms with van der Waals surface area (Å²) < 4.78 is 26.7. The van der Waals surface area contributed by atoms with Gasteiger partial charge in [0, 0.05) is 18.1 Å². The van der Waals surface area contributed by atoms with Crippen molar-refractivity contribution in [3.8, 4) is 11.3 Å². The zero-order valence-corrected chi connectivity index (χ0v) is 15.4. The number of hydrogen-bond donors (Lipinski definition) is 1. The van der Waals surface area contributed by atoms with E-state index in [1.54, 1.807) is 42.6 Å². The molecule has 0 radical (unpaired) electrons. The fourth-order valence-electron chi connectivity index (χ4n) is 2.66. The van der Waals surface area contributed by atoms with Crippen LogP contribution in [0.2, 0.25) is 0 Å². The lowest BCUT2D eigenvalue weighted by Crippen LogP contribution is -2.15. The van der Waals surface area contributed by atoms with E-state index in [0.717, 1.165) is 21.4 Å². The van der Waals surface area contributed by atoms with E-state index in [0.29, 0.717) is 11.3 Å². The topological polar surface area (TPSA) is 89.3 Å². The second kappa shape index (κ2) is 7.59. The lowest BCUT2D eigenvalue weighted by atomic mass is 10.1. The third-order valence-electron chi connectivity index (χ3n) is 4.05. The van der Waals surface area contributed by atoms with E-state index in [1.807, 2.05) is 19.1 Å². The van der Waals surface area contributed by atoms with E-state index >= 15 is 0 Å². The van der Waals surface area contributed by atoms with E-state index in [4.69, 9.17) is 0 Å². The highest BCUT2D eigenvalue weighted by Gasteiger charge is 2.20. The Bertz CT molecular complexity index is 1100. The van der Waals surface area contributed by atoms with Gasteiger partial charge in [0.2, 0.25) is 10.0 Å². The van der Waals surface area contributed by atoms with Gasteiger partial charge in [-0.25, -0.2) is 17.2 Å². The van der Waals surface area contributed by atoms with Gasteiger partial charge in [-0.15, -0.1) is 0 Å². The lowest BCUT2D eigenvalue weighted by Gasteiger charge is -2.09. The second-order valence-electron chi connectivity index (χ2n) is 5.94. The second-order valence-corrected chi connectivity index (χ2v) is 7.83. The van der Waals surface area contributed by atoms with Crippen molar-refractivity contribution < 1.29 is 18.3 Å². The first-order chi connectivity index (χ1) is 12.9. The summed E-state index contributed by atoms with van der Waals surface area (Å²) in [6, 6.07) is 13.8. The maximum Gasteiger partial charge on any atom is 0.337 e. The van der Waals surface area contributed by atoms with Crippen LogP contribution in [0.5, 0.6) is 0 Å². The molecule has 138 valence electrons. The van der Waals surface area contributed by atoms with Crippen molar-refractivity contribution in [1.29, 1.82) is 0 Å². The number of carboxylic acid groups (broad SMARTS) is 1. The normalized spacial score (nSPS) is 11.7. The number of nitrogens with zero attached hydrogens (tertiary/aromatic N) is 2. The molecule has 1 aromatic carbocycles. The van der Waals surface area contributed by atoms with Gasteiger partial charge in [-0.1, -0.05) is 48.6 Å². The van der Waals surface area contributed by atoms with Crippen molar-refractivity contribution in [3.05, 3.63) is 83.8 Å². The summed E-state index contributed by atoms with van der Waals surface area (Å²) in [4.78, 5) is 15.5. The number of benzene rings is 1. The number of carboxylic acids is 1. The summed E-state index contributed by atoms with van der Waals surface area (Å²) in [5, 5.41) is 9.26. The first-order valence-electron chi connectivity index (χ1n) is 8.21. The first kappa shape index (κ1) is 18.6. The minimum Gasteiger partial charge on any atom is -0.478 e. The summed E-state index contributed by atoms with van der Waals surface area (Å²) >= 11 is 0. The molecular weight excluding hydrogens is 364 g/mol. The Morgan fingerprint density at radius 3 is 2.59 bits per heavy atom. The number of pyridine rings is 1. The zero-order chi connectivity index (χ0) is 19.4. The molecule has 3 aromatic rings. The van der Waals surface area contributed by atoms with E-state index in [-0.39, 0.29) is 11.3 Å². The molecule has 27 heavy (non-hydrogen) atoms. The van der Waals surface area contributed by atoms with Crippen LogP contribution in [-0.2, 0) is 10.0 Å². The van der Waals surface area contributed by atoms with Crippen LogP contribution in [0.15, 0.2) is 67.0 Å². The van der Waals surface area contributed by atoms with Crippen LogP contribution in [-0.4, -0.2) is 34.2 Å². The molecule has 0 aliphatic rings. The minimum absolute atomic E-state index is 0.0792. The molecule has 0 aliphatic heterocycles. The quantitative estimate of drug-likeness (QED) is 0.705. The van der Waals surface area contributed by atoms with E-state index in [2.05, 4.69) is 4.98 Å². The maximum absolute atomic E-state index is 12.8. The van der Waals surface area contributed by atoms with Gasteiger partial charge in [-0.3, -0.25) is 4.98 Å². The minimum atomic E-state index is -3.79. The number of rotatable bonds is 6. The SMILES string of the molecule is Cc1ncccc1C=CCS(=O)(=O)n1cc(C(=O)O)cc1-c1ccccc1. The van der Waals surface area contributed by atoms with Gasteiger partial charge < -0.3 is 5.11 Å². The maximum atomic E-state index is 12.8. The predicted molar refractivity (Wildman–Crippen MR) is 104 cm³/mol. The summed E-state index contributed by atoms with van der Waals surface area (Å²) in [5.41, 5.74) is 2.49. The van der Waals surface area contributed by atoms with Gasteiger partial charge in [0.1, 0.15) is 0 Å². The average molecular weight is 382 g/mol. The van der Waals surface area contributed by atoms with Crippen molar-refractivity contribution in [2.45, 2.75) is 6.92 Å². The van der Waals surface area contributed by atoms with Gasteiger partial charge >= 0.3 is 5.97 Å². The molecule has 0 unspecified atom stereocenters. The molecule has 0 saturated carbocycles. The molecule has 2 aromatic heterocycles. The van der Waals surface area contributed by atoms with Crippen LogP contribution in [0.4, 0.5) is 0 Å². The molecule has 0 fully saturated rings. The van der Waals surface area contributed by atoms with Crippen LogP contribution in [0.3, 0.4) is 0 Å². The standard InChI is InChI=1S/C20H18N2O4S/c1-15-16(9-5-11-21-15)10-6-12-27(25,26)22-14-18(20(23)24)13-19(22)17-7-3-2-4-8-17/h2-11,13-14H,12H2,1H3,(H,23,24). The molecule has 0 aliphatic carbocycles. The van der Waals surface area contributed by atoms with E-state index < -0.39 is 16.0 Å². The van der Waals surface area contributed by atoms with Crippen LogP contribution in [0.1, 0.15) is 21.6 Å². The van der Waals surface area contributed by atoms with Crippen LogP contribution in [0, 0.1) is 6.92 Å². The molecule has 0 saturated heterocycles. The highest BCUT2D eigenvalue weighted by atomic mass is 32.2. The summed E-state index contributed by atoms with van der Waals surface area (Å²) in [6.07, 6.45) is 6.05. The highest BCUT2D eigenvalue weighted by Crippen LogP contribution is 2.24. The fraction of sp³-hybridized carbons (Fsp3) is 0.100. The Morgan fingerprint density at radius 1 is 1.19 bits per heavy atom. The molecule has 1 N–H and O–H groups in total. The Morgan fingerprint density at radius 2 is 1.93 bits per heavy atom. The molecule has 2 heterocycles. The lowest BCUT2D eigenvalue weighted by molar-refractivity contribution is 0.0697. The van der Waals surface area contributed by atoms with E-state index in [9.17, 15) is 18.3 Å². The molecule has 6 nitrogen and oxygen atoms in total. The van der Waals surface area contributed by atoms with Gasteiger partial charge in [0.05, 0.1) is 17.0 Å². The van der Waals surface area contributed by atoms with E-state index in [1.165, 1.54) is 12.1 Å². The van der Waals surface area contributed by atoms with Gasteiger partial charge in [0.25, 0.3) is 0 Å². The van der Waals surface area contributed by atoms with Crippen molar-refractivity contribution in [2.24, 2.45) is 0 Å². The monoisotopic (exact) mass is 382 g/mol. The number of aromatic carboxylic acids is 1. The summed E-state index contributed by atoms with van der Waals surface area (Å²) in [6.45, 7) is 1.84. The first-order valence-corrected chi connectivity index (χ1v) is 9.82. The number of carbonyl (C=O) groups is 1. The number of hydrogen-bond acceptors (Lipinski definition) is 4. The molecule has 0 amide bonds. The third-order valence-corrected chi connectivity index (χ3v) is 5.57. The van der Waals surface area contributed by atoms with Crippen LogP contribution >= 0.6 is 0 Å². The Labute approximate surface area is 157 Å². The average Bonchev–Trinajstić information content (AvgIpc) is 3.11. The van der Waals surface area contributed by atoms with Crippen molar-refractivity contribution in [1.82, 2.24) is 8.96 Å². The Balaban J connectivity index is 1.96. The number of aryl methyl sites for hydroxylation is 1. The smallest absolute Gasteiger partial charge is 0.337 e. The Hall–Kier alpha value is -3.19. The summed E-state index contributed by atoms with van der Waals surface area (Å²) in [5.74, 6) is -1.45. The molecular formula is C20H18N2O4S. The largest absolute Gasteiger partial charge is 0.478 e. The third kappa shape index (κ3) is 4.15. The van der Waals surface area contributed by atoms with Crippen LogP contribution < -0.4 is 0 Å². The predicted octanol–water partition coefficient (Wildman–Crippen LogP) is 3.45. The van der Waals surface area contributed by atoms with Gasteiger partial charge in [0.15, 0.2) is 0 Å². The fourth-order valence-corrected chi connectivity index (χ4v) is 3.89. The van der Waals surface area contributed by atoms with Gasteiger partial charge in [-0.05, 0) is 30.2 Å². The van der Waals surface area contributed by atoms with Crippen LogP contribution in [0.25, 0.3) is 17.3 Å². The van der Waals surface area contributed by atoms with Crippen molar-refractivity contribution >= 4 is 22.1 Å².